The first-order chi connectivity index (χ1) is 17.7. The largest absolute Gasteiger partial charge is 0.505 e. The molecule has 6 aromatic rings. The molecule has 0 saturated carbocycles. The Bertz CT molecular complexity index is 1840. The van der Waals surface area contributed by atoms with E-state index < -0.39 is 0 Å². The van der Waals surface area contributed by atoms with Gasteiger partial charge in [0.2, 0.25) is 5.88 Å². The van der Waals surface area contributed by atoms with Crippen molar-refractivity contribution in [3.8, 4) is 23.2 Å². The first-order valence-electron chi connectivity index (χ1n) is 12.3. The summed E-state index contributed by atoms with van der Waals surface area (Å²) in [5, 5.41) is 13.7. The molecule has 0 spiro atoms. The molecule has 3 aromatic carbocycles. The van der Waals surface area contributed by atoms with Gasteiger partial charge in [-0.1, -0.05) is 56.6 Å². The van der Waals surface area contributed by atoms with Crippen molar-refractivity contribution in [3.63, 3.8) is 0 Å². The van der Waals surface area contributed by atoms with Crippen molar-refractivity contribution in [1.29, 1.82) is 0 Å². The zero-order chi connectivity index (χ0) is 25.9. The standard InChI is InChI=1S/C31H27N4O2.Pt/c1-18-10-11-20-15-24(31(3,4)5)30(34-28(20)29(18)36)37-21-12-13-23-22-8-6-7-9-25(22)35(26(23)16-21)27-14-19(2)32-17-33-27;/h6-15,17,36H,1-5H3;/q-1;. The van der Waals surface area contributed by atoms with E-state index in [1.54, 1.807) is 6.33 Å². The summed E-state index contributed by atoms with van der Waals surface area (Å²) >= 11 is 0. The number of ether oxygens (including phenoxy) is 1. The molecule has 0 atom stereocenters. The second-order valence-corrected chi connectivity index (χ2v) is 10.5. The number of benzene rings is 3. The molecule has 6 rings (SSSR count). The van der Waals surface area contributed by atoms with E-state index in [0.717, 1.165) is 49.8 Å². The molecule has 0 amide bonds. The van der Waals surface area contributed by atoms with Gasteiger partial charge in [-0.25, -0.2) is 15.0 Å². The molecule has 0 aliphatic rings. The molecule has 3 aromatic heterocycles. The number of fused-ring (bicyclic) bond motifs is 4. The Morgan fingerprint density at radius 1 is 0.921 bits per heavy atom. The molecular formula is C31H27N4O2Pt-. The van der Waals surface area contributed by atoms with E-state index in [2.05, 4.69) is 59.6 Å². The molecular weight excluding hydrogens is 655 g/mol. The van der Waals surface area contributed by atoms with Gasteiger partial charge in [-0.3, -0.25) is 0 Å². The van der Waals surface area contributed by atoms with Crippen molar-refractivity contribution in [3.05, 3.63) is 89.9 Å². The minimum absolute atomic E-state index is 0. The zero-order valence-electron chi connectivity index (χ0n) is 21.8. The molecule has 3 heterocycles. The third kappa shape index (κ3) is 4.33. The average Bonchev–Trinajstić information content (AvgIpc) is 3.19. The van der Waals surface area contributed by atoms with Crippen LogP contribution in [0.3, 0.4) is 0 Å². The molecule has 0 saturated heterocycles. The fraction of sp³-hybridized carbons (Fsp3) is 0.194. The molecule has 0 fully saturated rings. The first kappa shape index (κ1) is 25.9. The summed E-state index contributed by atoms with van der Waals surface area (Å²) < 4.78 is 8.52. The van der Waals surface area contributed by atoms with Crippen molar-refractivity contribution in [2.24, 2.45) is 0 Å². The number of pyridine rings is 1. The maximum absolute atomic E-state index is 10.7. The number of aromatic hydroxyl groups is 1. The number of rotatable bonds is 3. The summed E-state index contributed by atoms with van der Waals surface area (Å²) in [6, 6.07) is 23.6. The van der Waals surface area contributed by atoms with Crippen molar-refractivity contribution in [2.75, 3.05) is 0 Å². The quantitative estimate of drug-likeness (QED) is 0.198. The van der Waals surface area contributed by atoms with Crippen LogP contribution < -0.4 is 4.74 Å². The van der Waals surface area contributed by atoms with Crippen LogP contribution >= 0.6 is 0 Å². The molecule has 0 aliphatic carbocycles. The maximum Gasteiger partial charge on any atom is 0.221 e. The second kappa shape index (κ2) is 9.52. The van der Waals surface area contributed by atoms with Gasteiger partial charge in [0, 0.05) is 55.0 Å². The summed E-state index contributed by atoms with van der Waals surface area (Å²) in [6.07, 6.45) is 1.58. The molecule has 0 unspecified atom stereocenters. The molecule has 0 aliphatic heterocycles. The molecule has 0 bridgehead atoms. The van der Waals surface area contributed by atoms with Crippen molar-refractivity contribution in [1.82, 2.24) is 19.5 Å². The number of hydrogen-bond donors (Lipinski definition) is 1. The van der Waals surface area contributed by atoms with E-state index in [1.807, 2.05) is 56.3 Å². The van der Waals surface area contributed by atoms with Crippen LogP contribution in [0.1, 0.15) is 37.6 Å². The van der Waals surface area contributed by atoms with Gasteiger partial charge < -0.3 is 14.4 Å². The van der Waals surface area contributed by atoms with Crippen LogP contribution in [0.15, 0.2) is 67.0 Å². The van der Waals surface area contributed by atoms with Crippen LogP contribution in [0.5, 0.6) is 17.4 Å². The predicted molar refractivity (Wildman–Crippen MR) is 147 cm³/mol. The van der Waals surface area contributed by atoms with Gasteiger partial charge in [0.15, 0.2) is 0 Å². The van der Waals surface area contributed by atoms with Crippen molar-refractivity contribution in [2.45, 2.75) is 40.0 Å². The van der Waals surface area contributed by atoms with Gasteiger partial charge in [0.1, 0.15) is 23.4 Å². The predicted octanol–water partition coefficient (Wildman–Crippen LogP) is 7.33. The van der Waals surface area contributed by atoms with Gasteiger partial charge in [-0.2, -0.15) is 6.07 Å². The molecule has 0 radical (unpaired) electrons. The SMILES string of the molecule is Cc1cc(-n2c3[c-]c(Oc4nc5c(O)c(C)ccc5cc4C(C)(C)C)ccc3c3ccccc32)ncn1.[Pt]. The monoisotopic (exact) mass is 682 g/mol. The number of phenols is 1. The second-order valence-electron chi connectivity index (χ2n) is 10.5. The molecule has 38 heavy (non-hydrogen) atoms. The Morgan fingerprint density at radius 2 is 1.71 bits per heavy atom. The van der Waals surface area contributed by atoms with Crippen LogP contribution in [0, 0.1) is 19.9 Å². The summed E-state index contributed by atoms with van der Waals surface area (Å²) in [6.45, 7) is 10.2. The average molecular weight is 683 g/mol. The Kier molecular flexibility index (Phi) is 6.48. The summed E-state index contributed by atoms with van der Waals surface area (Å²) in [4.78, 5) is 13.6. The topological polar surface area (TPSA) is 73.1 Å². The van der Waals surface area contributed by atoms with Gasteiger partial charge in [0.25, 0.3) is 0 Å². The van der Waals surface area contributed by atoms with Gasteiger partial charge in [-0.15, -0.1) is 17.5 Å². The molecule has 6 nitrogen and oxygen atoms in total. The molecule has 7 heteroatoms. The van der Waals surface area contributed by atoms with Gasteiger partial charge >= 0.3 is 0 Å². The number of nitrogens with zero attached hydrogens (tertiary/aromatic N) is 4. The van der Waals surface area contributed by atoms with Crippen LogP contribution in [0.25, 0.3) is 38.5 Å². The molecule has 194 valence electrons. The zero-order valence-corrected chi connectivity index (χ0v) is 24.1. The number of aryl methyl sites for hydroxylation is 2. The van der Waals surface area contributed by atoms with Crippen LogP contribution in [-0.4, -0.2) is 24.6 Å². The first-order valence-corrected chi connectivity index (χ1v) is 12.3. The third-order valence-corrected chi connectivity index (χ3v) is 6.72. The minimum Gasteiger partial charge on any atom is -0.505 e. The van der Waals surface area contributed by atoms with Crippen LogP contribution in [0.4, 0.5) is 0 Å². The Labute approximate surface area is 235 Å². The smallest absolute Gasteiger partial charge is 0.221 e. The summed E-state index contributed by atoms with van der Waals surface area (Å²) in [5.41, 5.74) is 4.78. The third-order valence-electron chi connectivity index (χ3n) is 6.72. The fourth-order valence-corrected chi connectivity index (χ4v) is 4.76. The maximum atomic E-state index is 10.7. The normalized spacial score (nSPS) is 11.7. The minimum atomic E-state index is -0.228. The number of aromatic nitrogens is 4. The van der Waals surface area contributed by atoms with E-state index in [4.69, 9.17) is 9.72 Å². The van der Waals surface area contributed by atoms with E-state index in [0.29, 0.717) is 17.1 Å². The Morgan fingerprint density at radius 3 is 2.47 bits per heavy atom. The fourth-order valence-electron chi connectivity index (χ4n) is 4.76. The van der Waals surface area contributed by atoms with Gasteiger partial charge in [0.05, 0.1) is 0 Å². The number of phenolic OH excluding ortho intramolecular Hbond substituents is 1. The van der Waals surface area contributed by atoms with E-state index in [-0.39, 0.29) is 32.2 Å². The number of para-hydroxylation sites is 1. The van der Waals surface area contributed by atoms with E-state index >= 15 is 0 Å². The molecule has 1 N–H and O–H groups in total. The van der Waals surface area contributed by atoms with Crippen LogP contribution in [0.2, 0.25) is 0 Å². The summed E-state index contributed by atoms with van der Waals surface area (Å²) in [7, 11) is 0. The van der Waals surface area contributed by atoms with Crippen LogP contribution in [-0.2, 0) is 26.5 Å². The van der Waals surface area contributed by atoms with Crippen molar-refractivity contribution >= 4 is 32.7 Å². The Hall–Kier alpha value is -3.76. The van der Waals surface area contributed by atoms with E-state index in [1.165, 1.54) is 0 Å². The van der Waals surface area contributed by atoms with Gasteiger partial charge in [-0.05, 0) is 42.3 Å². The van der Waals surface area contributed by atoms with Crippen molar-refractivity contribution < 1.29 is 30.9 Å². The number of hydrogen-bond acceptors (Lipinski definition) is 5. The Balaban J connectivity index is 0.00000294. The van der Waals surface area contributed by atoms with E-state index in [9.17, 15) is 5.11 Å². The summed E-state index contributed by atoms with van der Waals surface area (Å²) in [5.74, 6) is 1.93.